The molecule has 1 aliphatic heterocycles. The van der Waals surface area contributed by atoms with Gasteiger partial charge in [0.25, 0.3) is 0 Å². The van der Waals surface area contributed by atoms with E-state index in [1.165, 1.54) is 5.56 Å². The summed E-state index contributed by atoms with van der Waals surface area (Å²) in [7, 11) is 0. The van der Waals surface area contributed by atoms with E-state index in [0.29, 0.717) is 18.0 Å². The molecular weight excluding hydrogens is 214 g/mol. The van der Waals surface area contributed by atoms with E-state index < -0.39 is 0 Å². The third kappa shape index (κ3) is 2.61. The molecule has 2 rings (SSSR count). The molecule has 0 amide bonds. The summed E-state index contributed by atoms with van der Waals surface area (Å²) < 4.78 is 4.98. The number of rotatable bonds is 3. The highest BCUT2D eigenvalue weighted by Gasteiger charge is 2.21. The Balaban J connectivity index is 2.23. The molecule has 0 unspecified atom stereocenters. The first-order valence-electron chi connectivity index (χ1n) is 5.83. The van der Waals surface area contributed by atoms with Gasteiger partial charge in [-0.3, -0.25) is 0 Å². The van der Waals surface area contributed by atoms with Crippen LogP contribution in [-0.2, 0) is 16.0 Å². The fourth-order valence-corrected chi connectivity index (χ4v) is 1.61. The first-order valence-corrected chi connectivity index (χ1v) is 5.83. The van der Waals surface area contributed by atoms with E-state index in [-0.39, 0.29) is 5.97 Å². The first kappa shape index (κ1) is 11.6. The van der Waals surface area contributed by atoms with Crippen LogP contribution in [0.5, 0.6) is 0 Å². The van der Waals surface area contributed by atoms with Crippen molar-refractivity contribution in [3.63, 3.8) is 0 Å². The molecule has 1 heterocycles. The Hall–Kier alpha value is -1.90. The number of hydrogen-bond donors (Lipinski definition) is 0. The maximum Gasteiger partial charge on any atom is 0.363 e. The number of benzene rings is 1. The van der Waals surface area contributed by atoms with Crippen LogP contribution < -0.4 is 0 Å². The van der Waals surface area contributed by atoms with E-state index in [2.05, 4.69) is 24.0 Å². The van der Waals surface area contributed by atoms with Gasteiger partial charge in [0.15, 0.2) is 11.6 Å². The number of aliphatic imine (C=N–C) groups is 1. The molecule has 0 radical (unpaired) electrons. The molecule has 0 saturated carbocycles. The number of hydrogen-bond acceptors (Lipinski definition) is 3. The number of aryl methyl sites for hydroxylation is 1. The smallest absolute Gasteiger partial charge is 0.363 e. The van der Waals surface area contributed by atoms with Crippen molar-refractivity contribution < 1.29 is 9.53 Å². The number of cyclic esters (lactones) is 1. The molecule has 1 aromatic carbocycles. The first-order chi connectivity index (χ1) is 8.22. The van der Waals surface area contributed by atoms with E-state index in [9.17, 15) is 4.79 Å². The van der Waals surface area contributed by atoms with Crippen molar-refractivity contribution in [2.75, 3.05) is 0 Å². The number of esters is 1. The van der Waals surface area contributed by atoms with E-state index in [1.807, 2.05) is 19.1 Å². The Kier molecular flexibility index (Phi) is 3.38. The lowest BCUT2D eigenvalue weighted by Crippen LogP contribution is -2.02. The van der Waals surface area contributed by atoms with Crippen molar-refractivity contribution in [2.45, 2.75) is 26.7 Å². The van der Waals surface area contributed by atoms with Crippen molar-refractivity contribution in [1.82, 2.24) is 0 Å². The van der Waals surface area contributed by atoms with Gasteiger partial charge in [-0.15, -0.1) is 0 Å². The zero-order valence-corrected chi connectivity index (χ0v) is 10.1. The number of ether oxygens (including phenoxy) is 1. The molecule has 0 aliphatic carbocycles. The van der Waals surface area contributed by atoms with Crippen LogP contribution >= 0.6 is 0 Å². The molecular formula is C14H15NO2. The van der Waals surface area contributed by atoms with E-state index in [1.54, 1.807) is 6.08 Å². The SMILES string of the molecule is CCC1=N/C(=C/c2ccc(CC)cc2)C(=O)O1. The van der Waals surface area contributed by atoms with Crippen molar-refractivity contribution >= 4 is 17.9 Å². The molecule has 88 valence electrons. The normalized spacial score (nSPS) is 17.2. The van der Waals surface area contributed by atoms with Crippen LogP contribution in [0.4, 0.5) is 0 Å². The van der Waals surface area contributed by atoms with Gasteiger partial charge in [-0.25, -0.2) is 9.79 Å². The Morgan fingerprint density at radius 1 is 1.18 bits per heavy atom. The quantitative estimate of drug-likeness (QED) is 0.590. The molecule has 0 spiro atoms. The summed E-state index contributed by atoms with van der Waals surface area (Å²) in [5.74, 6) is 0.132. The van der Waals surface area contributed by atoms with Gasteiger partial charge in [-0.1, -0.05) is 38.1 Å². The second-order valence-corrected chi connectivity index (χ2v) is 3.87. The van der Waals surface area contributed by atoms with Gasteiger partial charge < -0.3 is 4.74 Å². The number of nitrogens with zero attached hydrogens (tertiary/aromatic N) is 1. The fourth-order valence-electron chi connectivity index (χ4n) is 1.61. The summed E-state index contributed by atoms with van der Waals surface area (Å²) in [6, 6.07) is 8.07. The van der Waals surface area contributed by atoms with Crippen molar-refractivity contribution in [3.05, 3.63) is 41.1 Å². The highest BCUT2D eigenvalue weighted by Crippen LogP contribution is 2.17. The number of carbonyl (C=O) groups excluding carboxylic acids is 1. The predicted molar refractivity (Wildman–Crippen MR) is 67.6 cm³/mol. The second kappa shape index (κ2) is 4.95. The highest BCUT2D eigenvalue weighted by molar-refractivity contribution is 6.07. The van der Waals surface area contributed by atoms with Crippen LogP contribution in [0.3, 0.4) is 0 Å². The average Bonchev–Trinajstić information content (AvgIpc) is 2.71. The maximum atomic E-state index is 11.5. The zero-order valence-electron chi connectivity index (χ0n) is 10.1. The second-order valence-electron chi connectivity index (χ2n) is 3.87. The molecule has 1 aromatic rings. The summed E-state index contributed by atoms with van der Waals surface area (Å²) in [6.07, 6.45) is 3.40. The highest BCUT2D eigenvalue weighted by atomic mass is 16.6. The molecule has 0 atom stereocenters. The predicted octanol–water partition coefficient (Wildman–Crippen LogP) is 2.96. The van der Waals surface area contributed by atoms with Gasteiger partial charge in [0.1, 0.15) is 0 Å². The molecule has 0 saturated heterocycles. The fraction of sp³-hybridized carbons (Fsp3) is 0.286. The summed E-state index contributed by atoms with van der Waals surface area (Å²) in [4.78, 5) is 15.6. The minimum atomic E-state index is -0.360. The van der Waals surface area contributed by atoms with Crippen LogP contribution in [0.1, 0.15) is 31.4 Å². The number of carbonyl (C=O) groups is 1. The lowest BCUT2D eigenvalue weighted by Gasteiger charge is -1.97. The maximum absolute atomic E-state index is 11.5. The van der Waals surface area contributed by atoms with Gasteiger partial charge in [-0.05, 0) is 23.6 Å². The Morgan fingerprint density at radius 2 is 1.88 bits per heavy atom. The monoisotopic (exact) mass is 229 g/mol. The molecule has 0 N–H and O–H groups in total. The minimum Gasteiger partial charge on any atom is -0.407 e. The van der Waals surface area contributed by atoms with E-state index in [0.717, 1.165) is 12.0 Å². The third-order valence-electron chi connectivity index (χ3n) is 2.66. The Bertz CT molecular complexity index is 483. The molecule has 17 heavy (non-hydrogen) atoms. The summed E-state index contributed by atoms with van der Waals surface area (Å²) >= 11 is 0. The molecule has 0 aromatic heterocycles. The van der Waals surface area contributed by atoms with Crippen molar-refractivity contribution in [2.24, 2.45) is 4.99 Å². The standard InChI is InChI=1S/C14H15NO2/c1-3-10-5-7-11(8-6-10)9-12-14(16)17-13(4-2)15-12/h5-9H,3-4H2,1-2H3/b12-9+. The molecule has 1 aliphatic rings. The van der Waals surface area contributed by atoms with E-state index >= 15 is 0 Å². The van der Waals surface area contributed by atoms with E-state index in [4.69, 9.17) is 4.74 Å². The van der Waals surface area contributed by atoms with Gasteiger partial charge in [-0.2, -0.15) is 0 Å². The lowest BCUT2D eigenvalue weighted by atomic mass is 10.1. The topological polar surface area (TPSA) is 38.7 Å². The molecule has 0 bridgehead atoms. The minimum absolute atomic E-state index is 0.360. The molecule has 0 fully saturated rings. The third-order valence-corrected chi connectivity index (χ3v) is 2.66. The van der Waals surface area contributed by atoms with Crippen LogP contribution in [0.15, 0.2) is 35.0 Å². The summed E-state index contributed by atoms with van der Waals surface area (Å²) in [5, 5.41) is 0. The van der Waals surface area contributed by atoms with Crippen LogP contribution in [0.2, 0.25) is 0 Å². The van der Waals surface area contributed by atoms with Crippen LogP contribution in [0, 0.1) is 0 Å². The Morgan fingerprint density at radius 3 is 2.41 bits per heavy atom. The molecule has 3 nitrogen and oxygen atoms in total. The van der Waals surface area contributed by atoms with Crippen molar-refractivity contribution in [3.8, 4) is 0 Å². The Labute approximate surface area is 101 Å². The summed E-state index contributed by atoms with van der Waals surface area (Å²) in [6.45, 7) is 4.02. The lowest BCUT2D eigenvalue weighted by molar-refractivity contribution is -0.130. The van der Waals surface area contributed by atoms with Gasteiger partial charge in [0.2, 0.25) is 0 Å². The summed E-state index contributed by atoms with van der Waals surface area (Å²) in [5.41, 5.74) is 2.63. The average molecular weight is 229 g/mol. The van der Waals surface area contributed by atoms with Crippen LogP contribution in [0.25, 0.3) is 6.08 Å². The van der Waals surface area contributed by atoms with Gasteiger partial charge >= 0.3 is 5.97 Å². The largest absolute Gasteiger partial charge is 0.407 e. The zero-order chi connectivity index (χ0) is 12.3. The van der Waals surface area contributed by atoms with Gasteiger partial charge in [0, 0.05) is 6.42 Å². The van der Waals surface area contributed by atoms with Crippen LogP contribution in [-0.4, -0.2) is 11.9 Å². The van der Waals surface area contributed by atoms with Gasteiger partial charge in [0.05, 0.1) is 0 Å². The van der Waals surface area contributed by atoms with Crippen molar-refractivity contribution in [1.29, 1.82) is 0 Å². The molecule has 3 heteroatoms.